The maximum absolute atomic E-state index is 5.87. The molecule has 1 aliphatic rings. The van der Waals surface area contributed by atoms with Crippen molar-refractivity contribution in [3.63, 3.8) is 0 Å². The molecule has 0 unspecified atom stereocenters. The van der Waals surface area contributed by atoms with E-state index < -0.39 is 0 Å². The maximum atomic E-state index is 5.87. The molecule has 0 radical (unpaired) electrons. The molecule has 1 fully saturated rings. The average molecular weight is 322 g/mol. The van der Waals surface area contributed by atoms with Gasteiger partial charge in [-0.15, -0.1) is 0 Å². The van der Waals surface area contributed by atoms with Crippen LogP contribution in [-0.2, 0) is 13.0 Å². The van der Waals surface area contributed by atoms with Crippen molar-refractivity contribution >= 4 is 16.9 Å². The number of fused-ring (bicyclic) bond motifs is 1. The second kappa shape index (κ2) is 6.15. The lowest BCUT2D eigenvalue weighted by atomic mass is 10.1. The van der Waals surface area contributed by atoms with E-state index >= 15 is 0 Å². The molecule has 5 nitrogen and oxygen atoms in total. The van der Waals surface area contributed by atoms with E-state index in [2.05, 4.69) is 21.7 Å². The Balaban J connectivity index is 1.66. The first-order chi connectivity index (χ1) is 11.7. The van der Waals surface area contributed by atoms with Gasteiger partial charge in [0.1, 0.15) is 17.1 Å². The Morgan fingerprint density at radius 2 is 2.04 bits per heavy atom. The predicted molar refractivity (Wildman–Crippen MR) is 95.1 cm³/mol. The first-order valence-corrected chi connectivity index (χ1v) is 8.55. The Hall–Kier alpha value is -2.56. The van der Waals surface area contributed by atoms with E-state index in [9.17, 15) is 0 Å². The number of nitrogens with two attached hydrogens (primary N) is 1. The van der Waals surface area contributed by atoms with Crippen LogP contribution in [0.4, 0.5) is 5.69 Å². The SMILES string of the molecule is CCOc1ccc(Cc2nc3cc(N)cnc3n2CC2CC2)cc1. The molecular formula is C19H22N4O. The molecule has 5 heteroatoms. The number of anilines is 1. The zero-order chi connectivity index (χ0) is 16.5. The van der Waals surface area contributed by atoms with E-state index in [0.29, 0.717) is 12.3 Å². The molecule has 1 aliphatic carbocycles. The summed E-state index contributed by atoms with van der Waals surface area (Å²) in [7, 11) is 0. The zero-order valence-corrected chi connectivity index (χ0v) is 13.9. The second-order valence-electron chi connectivity index (χ2n) is 6.45. The molecule has 1 aromatic carbocycles. The highest BCUT2D eigenvalue weighted by Crippen LogP contribution is 2.32. The minimum absolute atomic E-state index is 0.659. The largest absolute Gasteiger partial charge is 0.494 e. The van der Waals surface area contributed by atoms with Crippen LogP contribution in [0.5, 0.6) is 5.75 Å². The number of rotatable bonds is 6. The predicted octanol–water partition coefficient (Wildman–Crippen LogP) is 3.41. The summed E-state index contributed by atoms with van der Waals surface area (Å²) in [4.78, 5) is 9.32. The van der Waals surface area contributed by atoms with E-state index in [-0.39, 0.29) is 0 Å². The summed E-state index contributed by atoms with van der Waals surface area (Å²) in [5.74, 6) is 2.72. The van der Waals surface area contributed by atoms with Crippen molar-refractivity contribution in [1.82, 2.24) is 14.5 Å². The highest BCUT2D eigenvalue weighted by atomic mass is 16.5. The molecule has 24 heavy (non-hydrogen) atoms. The number of imidazole rings is 1. The first-order valence-electron chi connectivity index (χ1n) is 8.55. The molecule has 2 N–H and O–H groups in total. The second-order valence-corrected chi connectivity index (χ2v) is 6.45. The summed E-state index contributed by atoms with van der Waals surface area (Å²) in [6.45, 7) is 3.68. The van der Waals surface area contributed by atoms with E-state index in [0.717, 1.165) is 41.6 Å². The Kier molecular flexibility index (Phi) is 3.84. The molecule has 0 bridgehead atoms. The Labute approximate surface area is 141 Å². The quantitative estimate of drug-likeness (QED) is 0.755. The van der Waals surface area contributed by atoms with Crippen molar-refractivity contribution in [2.75, 3.05) is 12.3 Å². The van der Waals surface area contributed by atoms with Crippen LogP contribution < -0.4 is 10.5 Å². The summed E-state index contributed by atoms with van der Waals surface area (Å²) in [5, 5.41) is 0. The summed E-state index contributed by atoms with van der Waals surface area (Å²) in [6, 6.07) is 10.2. The van der Waals surface area contributed by atoms with Gasteiger partial charge in [-0.25, -0.2) is 9.97 Å². The highest BCUT2D eigenvalue weighted by molar-refractivity contribution is 5.75. The number of hydrogen-bond acceptors (Lipinski definition) is 4. The number of benzene rings is 1. The molecule has 0 atom stereocenters. The van der Waals surface area contributed by atoms with Gasteiger partial charge in [0.25, 0.3) is 0 Å². The lowest BCUT2D eigenvalue weighted by Crippen LogP contribution is -2.07. The van der Waals surface area contributed by atoms with Crippen LogP contribution in [0.1, 0.15) is 31.2 Å². The fourth-order valence-corrected chi connectivity index (χ4v) is 3.01. The lowest BCUT2D eigenvalue weighted by molar-refractivity contribution is 0.340. The van der Waals surface area contributed by atoms with Crippen molar-refractivity contribution in [2.24, 2.45) is 5.92 Å². The van der Waals surface area contributed by atoms with Crippen molar-refractivity contribution in [2.45, 2.75) is 32.7 Å². The van der Waals surface area contributed by atoms with Crippen molar-refractivity contribution < 1.29 is 4.74 Å². The molecule has 0 aliphatic heterocycles. The Morgan fingerprint density at radius 3 is 2.75 bits per heavy atom. The topological polar surface area (TPSA) is 66.0 Å². The third kappa shape index (κ3) is 3.07. The lowest BCUT2D eigenvalue weighted by Gasteiger charge is -2.09. The van der Waals surface area contributed by atoms with E-state index in [4.69, 9.17) is 15.5 Å². The summed E-state index contributed by atoms with van der Waals surface area (Å²) in [5.41, 5.74) is 9.58. The van der Waals surface area contributed by atoms with Crippen LogP contribution in [0.25, 0.3) is 11.2 Å². The fourth-order valence-electron chi connectivity index (χ4n) is 3.01. The van der Waals surface area contributed by atoms with Gasteiger partial charge in [-0.3, -0.25) is 0 Å². The van der Waals surface area contributed by atoms with Gasteiger partial charge in [0.05, 0.1) is 18.5 Å². The zero-order valence-electron chi connectivity index (χ0n) is 13.9. The van der Waals surface area contributed by atoms with E-state index in [1.807, 2.05) is 25.1 Å². The number of pyridine rings is 1. The Morgan fingerprint density at radius 1 is 1.25 bits per heavy atom. The molecule has 2 heterocycles. The smallest absolute Gasteiger partial charge is 0.160 e. The number of ether oxygens (including phenoxy) is 1. The molecule has 3 aromatic rings. The minimum atomic E-state index is 0.659. The molecule has 2 aromatic heterocycles. The summed E-state index contributed by atoms with van der Waals surface area (Å²) >= 11 is 0. The molecule has 0 saturated heterocycles. The van der Waals surface area contributed by atoms with Crippen LogP contribution in [0.15, 0.2) is 36.5 Å². The summed E-state index contributed by atoms with van der Waals surface area (Å²) in [6.07, 6.45) is 5.11. The van der Waals surface area contributed by atoms with Crippen LogP contribution in [-0.4, -0.2) is 21.1 Å². The van der Waals surface area contributed by atoms with E-state index in [1.165, 1.54) is 18.4 Å². The normalized spacial score (nSPS) is 14.2. The molecular weight excluding hydrogens is 300 g/mol. The number of nitrogen functional groups attached to an aromatic ring is 1. The van der Waals surface area contributed by atoms with Gasteiger partial charge < -0.3 is 15.0 Å². The van der Waals surface area contributed by atoms with Crippen LogP contribution in [0, 0.1) is 5.92 Å². The van der Waals surface area contributed by atoms with Gasteiger partial charge >= 0.3 is 0 Å². The highest BCUT2D eigenvalue weighted by Gasteiger charge is 2.24. The van der Waals surface area contributed by atoms with E-state index in [1.54, 1.807) is 6.20 Å². The first kappa shape index (κ1) is 15.0. The van der Waals surface area contributed by atoms with Gasteiger partial charge in [0.15, 0.2) is 5.65 Å². The van der Waals surface area contributed by atoms with Crippen LogP contribution >= 0.6 is 0 Å². The molecule has 1 saturated carbocycles. The number of nitrogens with zero attached hydrogens (tertiary/aromatic N) is 3. The van der Waals surface area contributed by atoms with Gasteiger partial charge in [-0.05, 0) is 49.4 Å². The molecule has 4 rings (SSSR count). The van der Waals surface area contributed by atoms with Crippen LogP contribution in [0.3, 0.4) is 0 Å². The molecule has 0 amide bonds. The Bertz CT molecular complexity index is 850. The van der Waals surface area contributed by atoms with Crippen molar-refractivity contribution in [3.05, 3.63) is 47.9 Å². The average Bonchev–Trinajstić information content (AvgIpc) is 3.33. The fraction of sp³-hybridized carbons (Fsp3) is 0.368. The van der Waals surface area contributed by atoms with Gasteiger partial charge in [-0.1, -0.05) is 12.1 Å². The van der Waals surface area contributed by atoms with Gasteiger partial charge in [0.2, 0.25) is 0 Å². The number of hydrogen-bond donors (Lipinski definition) is 1. The van der Waals surface area contributed by atoms with Gasteiger partial charge in [-0.2, -0.15) is 0 Å². The standard InChI is InChI=1S/C19H22N4O/c1-2-24-16-7-5-13(6-8-16)9-18-22-17-10-15(20)11-21-19(17)23(18)12-14-3-4-14/h5-8,10-11,14H,2-4,9,12,20H2,1H3. The van der Waals surface area contributed by atoms with Crippen molar-refractivity contribution in [1.29, 1.82) is 0 Å². The maximum Gasteiger partial charge on any atom is 0.160 e. The number of aromatic nitrogens is 3. The monoisotopic (exact) mass is 322 g/mol. The molecule has 0 spiro atoms. The third-order valence-corrected chi connectivity index (χ3v) is 4.42. The minimum Gasteiger partial charge on any atom is -0.494 e. The van der Waals surface area contributed by atoms with Crippen LogP contribution in [0.2, 0.25) is 0 Å². The van der Waals surface area contributed by atoms with Gasteiger partial charge in [0, 0.05) is 13.0 Å². The van der Waals surface area contributed by atoms with Crippen molar-refractivity contribution in [3.8, 4) is 5.75 Å². The summed E-state index contributed by atoms with van der Waals surface area (Å²) < 4.78 is 7.78. The third-order valence-electron chi connectivity index (χ3n) is 4.42. The molecule has 124 valence electrons.